The van der Waals surface area contributed by atoms with Gasteiger partial charge in [0, 0.05) is 17.1 Å². The molecule has 0 unspecified atom stereocenters. The van der Waals surface area contributed by atoms with E-state index in [2.05, 4.69) is 10.6 Å². The summed E-state index contributed by atoms with van der Waals surface area (Å²) in [6, 6.07) is 5.45. The number of thiocarbonyl (C=S) groups is 1. The van der Waals surface area contributed by atoms with Crippen molar-refractivity contribution in [3.05, 3.63) is 28.8 Å². The van der Waals surface area contributed by atoms with Gasteiger partial charge in [0.05, 0.1) is 0 Å². The molecule has 1 rings (SSSR count). The van der Waals surface area contributed by atoms with Crippen molar-refractivity contribution in [2.45, 2.75) is 20.3 Å². The molecule has 0 aromatic heterocycles. The first-order chi connectivity index (χ1) is 7.52. The van der Waals surface area contributed by atoms with Crippen LogP contribution in [0.25, 0.3) is 0 Å². The average Bonchev–Trinajstić information content (AvgIpc) is 2.23. The van der Waals surface area contributed by atoms with Gasteiger partial charge >= 0.3 is 0 Å². The second-order valence-electron chi connectivity index (χ2n) is 3.32. The number of hydrogen-bond donors (Lipinski definition) is 2. The van der Waals surface area contributed by atoms with Crippen molar-refractivity contribution < 1.29 is 4.79 Å². The standard InChI is InChI=1S/C11H13ClN2OS/c1-3-10(15)14-11(16)13-9-6-8(12)5-4-7(9)2/h4-6H,3H2,1-2H3,(H2,13,14,15,16). The SMILES string of the molecule is CCC(=O)NC(=S)Nc1cc(Cl)ccc1C. The zero-order valence-electron chi connectivity index (χ0n) is 9.13. The van der Waals surface area contributed by atoms with E-state index in [0.29, 0.717) is 11.4 Å². The molecule has 0 saturated carbocycles. The Morgan fingerprint density at radius 3 is 2.81 bits per heavy atom. The lowest BCUT2D eigenvalue weighted by atomic mass is 10.2. The van der Waals surface area contributed by atoms with Crippen LogP contribution in [-0.4, -0.2) is 11.0 Å². The summed E-state index contributed by atoms with van der Waals surface area (Å²) in [5.74, 6) is -0.114. The number of aryl methyl sites for hydroxylation is 1. The topological polar surface area (TPSA) is 41.1 Å². The third-order valence-corrected chi connectivity index (χ3v) is 2.46. The highest BCUT2D eigenvalue weighted by atomic mass is 35.5. The van der Waals surface area contributed by atoms with Crippen LogP contribution in [0.1, 0.15) is 18.9 Å². The summed E-state index contributed by atoms with van der Waals surface area (Å²) in [6.07, 6.45) is 0.399. The third kappa shape index (κ3) is 3.79. The first kappa shape index (κ1) is 12.9. The van der Waals surface area contributed by atoms with E-state index in [1.165, 1.54) is 0 Å². The van der Waals surface area contributed by atoms with Gasteiger partial charge in [-0.15, -0.1) is 0 Å². The van der Waals surface area contributed by atoms with Crippen LogP contribution in [-0.2, 0) is 4.79 Å². The molecule has 16 heavy (non-hydrogen) atoms. The van der Waals surface area contributed by atoms with Crippen LogP contribution >= 0.6 is 23.8 Å². The van der Waals surface area contributed by atoms with Crippen molar-refractivity contribution in [3.63, 3.8) is 0 Å². The van der Waals surface area contributed by atoms with Crippen molar-refractivity contribution in [3.8, 4) is 0 Å². The van der Waals surface area contributed by atoms with Crippen molar-refractivity contribution in [1.82, 2.24) is 5.32 Å². The lowest BCUT2D eigenvalue weighted by Crippen LogP contribution is -2.33. The van der Waals surface area contributed by atoms with Crippen LogP contribution in [0, 0.1) is 6.92 Å². The number of nitrogens with one attached hydrogen (secondary N) is 2. The molecule has 0 fully saturated rings. The molecule has 1 aromatic rings. The number of carbonyl (C=O) groups is 1. The molecule has 3 nitrogen and oxygen atoms in total. The smallest absolute Gasteiger partial charge is 0.225 e. The summed E-state index contributed by atoms with van der Waals surface area (Å²) in [6.45, 7) is 3.70. The molecule has 2 N–H and O–H groups in total. The molecule has 0 saturated heterocycles. The summed E-state index contributed by atoms with van der Waals surface area (Å²) in [5.41, 5.74) is 1.81. The van der Waals surface area contributed by atoms with Crippen molar-refractivity contribution in [2.75, 3.05) is 5.32 Å². The highest BCUT2D eigenvalue weighted by Crippen LogP contribution is 2.19. The minimum absolute atomic E-state index is 0.114. The molecule has 0 aliphatic rings. The van der Waals surface area contributed by atoms with Crippen molar-refractivity contribution in [2.24, 2.45) is 0 Å². The minimum Gasteiger partial charge on any atom is -0.332 e. The zero-order valence-corrected chi connectivity index (χ0v) is 10.7. The van der Waals surface area contributed by atoms with Crippen LogP contribution in [0.3, 0.4) is 0 Å². The second kappa shape index (κ2) is 5.82. The Balaban J connectivity index is 2.69. The number of rotatable bonds is 2. The van der Waals surface area contributed by atoms with Gasteiger partial charge in [0.25, 0.3) is 0 Å². The van der Waals surface area contributed by atoms with Crippen molar-refractivity contribution >= 4 is 40.5 Å². The number of amides is 1. The van der Waals surface area contributed by atoms with Gasteiger partial charge in [0.15, 0.2) is 5.11 Å². The molecule has 86 valence electrons. The van der Waals surface area contributed by atoms with Crippen LogP contribution in [0.15, 0.2) is 18.2 Å². The van der Waals surface area contributed by atoms with Gasteiger partial charge in [-0.3, -0.25) is 4.79 Å². The zero-order chi connectivity index (χ0) is 12.1. The highest BCUT2D eigenvalue weighted by molar-refractivity contribution is 7.80. The lowest BCUT2D eigenvalue weighted by Gasteiger charge is -2.11. The Morgan fingerprint density at radius 1 is 1.50 bits per heavy atom. The number of carbonyl (C=O) groups excluding carboxylic acids is 1. The molecular weight excluding hydrogens is 244 g/mol. The van der Waals surface area contributed by atoms with Gasteiger partial charge < -0.3 is 10.6 Å². The van der Waals surface area contributed by atoms with Gasteiger partial charge in [-0.1, -0.05) is 24.6 Å². The summed E-state index contributed by atoms with van der Waals surface area (Å²) >= 11 is 10.9. The van der Waals surface area contributed by atoms with E-state index in [1.54, 1.807) is 19.1 Å². The molecular formula is C11H13ClN2OS. The first-order valence-electron chi connectivity index (χ1n) is 4.90. The monoisotopic (exact) mass is 256 g/mol. The molecule has 0 aliphatic heterocycles. The maximum absolute atomic E-state index is 11.1. The molecule has 0 bridgehead atoms. The van der Waals surface area contributed by atoms with Gasteiger partial charge in [0.1, 0.15) is 0 Å². The number of benzene rings is 1. The van der Waals surface area contributed by atoms with Crippen LogP contribution in [0.2, 0.25) is 5.02 Å². The summed E-state index contributed by atoms with van der Waals surface area (Å²) in [5, 5.41) is 6.41. The van der Waals surface area contributed by atoms with E-state index < -0.39 is 0 Å². The lowest BCUT2D eigenvalue weighted by molar-refractivity contribution is -0.119. The van der Waals surface area contributed by atoms with Gasteiger partial charge in [0.2, 0.25) is 5.91 Å². The Hall–Kier alpha value is -1.13. The summed E-state index contributed by atoms with van der Waals surface area (Å²) in [4.78, 5) is 11.1. The fourth-order valence-electron chi connectivity index (χ4n) is 1.10. The molecule has 5 heteroatoms. The van der Waals surface area contributed by atoms with Gasteiger partial charge in [-0.2, -0.15) is 0 Å². The predicted octanol–water partition coefficient (Wildman–Crippen LogP) is 2.87. The minimum atomic E-state index is -0.114. The predicted molar refractivity (Wildman–Crippen MR) is 70.8 cm³/mol. The normalized spacial score (nSPS) is 9.69. The molecule has 1 aromatic carbocycles. The second-order valence-corrected chi connectivity index (χ2v) is 4.16. The molecule has 0 aliphatic carbocycles. The van der Waals surface area contributed by atoms with E-state index in [9.17, 15) is 4.79 Å². The fourth-order valence-corrected chi connectivity index (χ4v) is 1.49. The van der Waals surface area contributed by atoms with E-state index in [1.807, 2.05) is 13.0 Å². The number of anilines is 1. The van der Waals surface area contributed by atoms with E-state index in [4.69, 9.17) is 23.8 Å². The van der Waals surface area contributed by atoms with Crippen LogP contribution < -0.4 is 10.6 Å². The van der Waals surface area contributed by atoms with Gasteiger partial charge in [-0.05, 0) is 36.8 Å². The van der Waals surface area contributed by atoms with E-state index in [-0.39, 0.29) is 11.0 Å². The molecule has 0 radical (unpaired) electrons. The average molecular weight is 257 g/mol. The maximum Gasteiger partial charge on any atom is 0.225 e. The first-order valence-corrected chi connectivity index (χ1v) is 5.68. The highest BCUT2D eigenvalue weighted by Gasteiger charge is 2.04. The third-order valence-electron chi connectivity index (χ3n) is 2.02. The Bertz CT molecular complexity index is 420. The molecule has 0 atom stereocenters. The number of hydrogen-bond acceptors (Lipinski definition) is 2. The number of halogens is 1. The Labute approximate surface area is 105 Å². The quantitative estimate of drug-likeness (QED) is 0.800. The Kier molecular flexibility index (Phi) is 4.71. The van der Waals surface area contributed by atoms with Crippen LogP contribution in [0.4, 0.5) is 5.69 Å². The largest absolute Gasteiger partial charge is 0.332 e. The summed E-state index contributed by atoms with van der Waals surface area (Å²) < 4.78 is 0. The maximum atomic E-state index is 11.1. The van der Waals surface area contributed by atoms with E-state index >= 15 is 0 Å². The Morgan fingerprint density at radius 2 is 2.19 bits per heavy atom. The summed E-state index contributed by atoms with van der Waals surface area (Å²) in [7, 11) is 0. The molecule has 1 amide bonds. The van der Waals surface area contributed by atoms with Crippen LogP contribution in [0.5, 0.6) is 0 Å². The van der Waals surface area contributed by atoms with Gasteiger partial charge in [-0.25, -0.2) is 0 Å². The molecule has 0 spiro atoms. The molecule has 0 heterocycles. The van der Waals surface area contributed by atoms with E-state index in [0.717, 1.165) is 11.3 Å². The van der Waals surface area contributed by atoms with Crippen molar-refractivity contribution in [1.29, 1.82) is 0 Å². The fraction of sp³-hybridized carbons (Fsp3) is 0.273.